The largest absolute Gasteiger partial charge is 0.326 e. The maximum Gasteiger partial charge on any atom is 0.230 e. The van der Waals surface area contributed by atoms with Crippen LogP contribution >= 0.6 is 11.3 Å². The summed E-state index contributed by atoms with van der Waals surface area (Å²) in [5, 5.41) is 14.4. The lowest BCUT2D eigenvalue weighted by Gasteiger charge is -2.04. The van der Waals surface area contributed by atoms with Crippen LogP contribution in [0.5, 0.6) is 0 Å². The van der Waals surface area contributed by atoms with E-state index in [0.717, 1.165) is 10.6 Å². The van der Waals surface area contributed by atoms with Crippen LogP contribution in [0, 0.1) is 11.3 Å². The molecule has 112 valence electrons. The van der Waals surface area contributed by atoms with Gasteiger partial charge in [-0.05, 0) is 30.3 Å². The van der Waals surface area contributed by atoms with Gasteiger partial charge in [-0.25, -0.2) is 4.98 Å². The summed E-state index contributed by atoms with van der Waals surface area (Å²) in [6, 6.07) is 12.6. The van der Waals surface area contributed by atoms with Gasteiger partial charge in [-0.2, -0.15) is 5.26 Å². The van der Waals surface area contributed by atoms with E-state index in [4.69, 9.17) is 5.26 Å². The van der Waals surface area contributed by atoms with Crippen LogP contribution in [0.15, 0.2) is 54.2 Å². The predicted molar refractivity (Wildman–Crippen MR) is 88.8 cm³/mol. The lowest BCUT2D eigenvalue weighted by atomic mass is 10.2. The van der Waals surface area contributed by atoms with Gasteiger partial charge in [0.05, 0.1) is 23.7 Å². The number of carbonyl (C=O) groups excluding carboxylic acids is 1. The van der Waals surface area contributed by atoms with Crippen molar-refractivity contribution in [3.63, 3.8) is 0 Å². The van der Waals surface area contributed by atoms with E-state index in [1.165, 1.54) is 11.3 Å². The fourth-order valence-corrected chi connectivity index (χ4v) is 2.86. The first kappa shape index (κ1) is 14.9. The first-order valence-corrected chi connectivity index (χ1v) is 7.77. The molecule has 3 aromatic rings. The van der Waals surface area contributed by atoms with Gasteiger partial charge in [0.15, 0.2) is 0 Å². The zero-order valence-electron chi connectivity index (χ0n) is 12.1. The summed E-state index contributed by atoms with van der Waals surface area (Å²) in [7, 11) is 0. The van der Waals surface area contributed by atoms with Crippen LogP contribution in [-0.4, -0.2) is 15.9 Å². The molecule has 0 aliphatic carbocycles. The topological polar surface area (TPSA) is 78.7 Å². The molecule has 6 heteroatoms. The summed E-state index contributed by atoms with van der Waals surface area (Å²) in [4.78, 5) is 20.6. The molecule has 1 aromatic carbocycles. The zero-order valence-corrected chi connectivity index (χ0v) is 12.9. The number of pyridine rings is 1. The number of rotatable bonds is 4. The lowest BCUT2D eigenvalue weighted by molar-refractivity contribution is -0.115. The molecule has 0 unspecified atom stereocenters. The first-order chi connectivity index (χ1) is 11.2. The molecule has 0 atom stereocenters. The molecule has 0 bridgehead atoms. The van der Waals surface area contributed by atoms with Crippen molar-refractivity contribution >= 4 is 22.9 Å². The van der Waals surface area contributed by atoms with Crippen LogP contribution in [0.25, 0.3) is 10.6 Å². The summed E-state index contributed by atoms with van der Waals surface area (Å²) in [6.07, 6.45) is 3.64. The number of hydrogen-bond donors (Lipinski definition) is 1. The number of nitrogens with one attached hydrogen (secondary N) is 1. The third kappa shape index (κ3) is 3.78. The normalized spacial score (nSPS) is 10.0. The second-order valence-electron chi connectivity index (χ2n) is 4.80. The van der Waals surface area contributed by atoms with E-state index in [-0.39, 0.29) is 12.3 Å². The van der Waals surface area contributed by atoms with Gasteiger partial charge in [0, 0.05) is 29.0 Å². The molecule has 2 heterocycles. The van der Waals surface area contributed by atoms with Crippen molar-refractivity contribution in [1.82, 2.24) is 9.97 Å². The van der Waals surface area contributed by atoms with E-state index in [0.29, 0.717) is 16.9 Å². The fraction of sp³-hybridized carbons (Fsp3) is 0.0588. The minimum atomic E-state index is -0.164. The van der Waals surface area contributed by atoms with Crippen molar-refractivity contribution in [3.05, 3.63) is 65.4 Å². The Kier molecular flexibility index (Phi) is 4.41. The van der Waals surface area contributed by atoms with E-state index in [1.807, 2.05) is 23.6 Å². The molecule has 0 aliphatic rings. The Balaban J connectivity index is 1.67. The molecular weight excluding hydrogens is 308 g/mol. The Morgan fingerprint density at radius 1 is 1.30 bits per heavy atom. The number of nitrogens with zero attached hydrogens (tertiary/aromatic N) is 3. The van der Waals surface area contributed by atoms with Crippen molar-refractivity contribution in [2.75, 3.05) is 5.32 Å². The summed E-state index contributed by atoms with van der Waals surface area (Å²) in [6.45, 7) is 0. The molecule has 0 spiro atoms. The van der Waals surface area contributed by atoms with Crippen molar-refractivity contribution in [2.45, 2.75) is 6.42 Å². The van der Waals surface area contributed by atoms with Gasteiger partial charge in [-0.3, -0.25) is 9.78 Å². The van der Waals surface area contributed by atoms with Crippen LogP contribution in [0.1, 0.15) is 11.3 Å². The number of benzene rings is 1. The molecule has 0 aliphatic heterocycles. The van der Waals surface area contributed by atoms with E-state index in [9.17, 15) is 4.79 Å². The molecule has 1 N–H and O–H groups in total. The Morgan fingerprint density at radius 3 is 3.00 bits per heavy atom. The van der Waals surface area contributed by atoms with Gasteiger partial charge in [0.25, 0.3) is 0 Å². The van der Waals surface area contributed by atoms with Gasteiger partial charge in [0.1, 0.15) is 5.01 Å². The monoisotopic (exact) mass is 320 g/mol. The Hall–Kier alpha value is -3.04. The van der Waals surface area contributed by atoms with E-state index >= 15 is 0 Å². The molecular formula is C17H12N4OS. The van der Waals surface area contributed by atoms with Crippen molar-refractivity contribution in [1.29, 1.82) is 5.26 Å². The summed E-state index contributed by atoms with van der Waals surface area (Å²) in [5.74, 6) is -0.164. The molecule has 2 aromatic heterocycles. The number of carbonyl (C=O) groups is 1. The summed E-state index contributed by atoms with van der Waals surface area (Å²) < 4.78 is 0. The van der Waals surface area contributed by atoms with Gasteiger partial charge in [0.2, 0.25) is 5.91 Å². The number of nitriles is 1. The number of thiazole rings is 1. The van der Waals surface area contributed by atoms with E-state index in [2.05, 4.69) is 15.3 Å². The van der Waals surface area contributed by atoms with Gasteiger partial charge in [-0.15, -0.1) is 11.3 Å². The highest BCUT2D eigenvalue weighted by atomic mass is 32.1. The Labute approximate surface area is 137 Å². The highest BCUT2D eigenvalue weighted by Gasteiger charge is 2.09. The first-order valence-electron chi connectivity index (χ1n) is 6.89. The quantitative estimate of drug-likeness (QED) is 0.800. The van der Waals surface area contributed by atoms with Crippen LogP contribution in [0.2, 0.25) is 0 Å². The average Bonchev–Trinajstić information content (AvgIpc) is 3.04. The van der Waals surface area contributed by atoms with Crippen LogP contribution in [0.4, 0.5) is 5.69 Å². The Morgan fingerprint density at radius 2 is 2.22 bits per heavy atom. The SMILES string of the molecule is N#Cc1cccc(NC(=O)Cc2csc(-c3cccnc3)n2)c1. The molecule has 1 amide bonds. The minimum Gasteiger partial charge on any atom is -0.326 e. The molecule has 0 saturated heterocycles. The number of aromatic nitrogens is 2. The molecule has 23 heavy (non-hydrogen) atoms. The Bertz CT molecular complexity index is 868. The third-order valence-corrected chi connectivity index (χ3v) is 4.02. The van der Waals surface area contributed by atoms with E-state index < -0.39 is 0 Å². The number of hydrogen-bond acceptors (Lipinski definition) is 5. The lowest BCUT2D eigenvalue weighted by Crippen LogP contribution is -2.14. The minimum absolute atomic E-state index is 0.164. The molecule has 0 fully saturated rings. The fourth-order valence-electron chi connectivity index (χ4n) is 2.05. The number of anilines is 1. The van der Waals surface area contributed by atoms with Gasteiger partial charge in [-0.1, -0.05) is 6.07 Å². The zero-order chi connectivity index (χ0) is 16.1. The summed E-state index contributed by atoms with van der Waals surface area (Å²) in [5.41, 5.74) is 2.76. The number of amides is 1. The highest BCUT2D eigenvalue weighted by Crippen LogP contribution is 2.23. The maximum absolute atomic E-state index is 12.1. The third-order valence-electron chi connectivity index (χ3n) is 3.08. The van der Waals surface area contributed by atoms with Crippen molar-refractivity contribution < 1.29 is 4.79 Å². The standard InChI is InChI=1S/C17H12N4OS/c18-9-12-3-1-5-14(7-12)20-16(22)8-15-11-23-17(21-15)13-4-2-6-19-10-13/h1-7,10-11H,8H2,(H,20,22). The smallest absolute Gasteiger partial charge is 0.230 e. The second-order valence-corrected chi connectivity index (χ2v) is 5.66. The molecule has 0 radical (unpaired) electrons. The molecule has 5 nitrogen and oxygen atoms in total. The van der Waals surface area contributed by atoms with Crippen LogP contribution in [0.3, 0.4) is 0 Å². The van der Waals surface area contributed by atoms with Crippen LogP contribution < -0.4 is 5.32 Å². The van der Waals surface area contributed by atoms with E-state index in [1.54, 1.807) is 36.7 Å². The van der Waals surface area contributed by atoms with Gasteiger partial charge >= 0.3 is 0 Å². The molecule has 3 rings (SSSR count). The summed E-state index contributed by atoms with van der Waals surface area (Å²) >= 11 is 1.48. The highest BCUT2D eigenvalue weighted by molar-refractivity contribution is 7.13. The maximum atomic E-state index is 12.1. The van der Waals surface area contributed by atoms with Crippen molar-refractivity contribution in [2.24, 2.45) is 0 Å². The van der Waals surface area contributed by atoms with Crippen LogP contribution in [-0.2, 0) is 11.2 Å². The van der Waals surface area contributed by atoms with Gasteiger partial charge < -0.3 is 5.32 Å². The average molecular weight is 320 g/mol. The predicted octanol–water partition coefficient (Wildman–Crippen LogP) is 3.26. The van der Waals surface area contributed by atoms with Crippen molar-refractivity contribution in [3.8, 4) is 16.6 Å². The molecule has 0 saturated carbocycles. The second kappa shape index (κ2) is 6.81.